The molecule has 1 saturated heterocycles. The molecule has 0 amide bonds. The maximum absolute atomic E-state index is 6.26. The number of ether oxygens (including phenoxy) is 1. The highest BCUT2D eigenvalue weighted by molar-refractivity contribution is 7.80. The Bertz CT molecular complexity index is 537. The fourth-order valence-electron chi connectivity index (χ4n) is 2.63. The third-order valence-corrected chi connectivity index (χ3v) is 5.00. The van der Waals surface area contributed by atoms with Gasteiger partial charge < -0.3 is 15.0 Å². The van der Waals surface area contributed by atoms with Gasteiger partial charge in [-0.2, -0.15) is 0 Å². The highest BCUT2D eigenvalue weighted by Gasteiger charge is 2.19. The average Bonchev–Trinajstić information content (AvgIpc) is 2.57. The second kappa shape index (κ2) is 10.4. The van der Waals surface area contributed by atoms with Gasteiger partial charge in [0.15, 0.2) is 5.11 Å². The molecule has 4 nitrogen and oxygen atoms in total. The number of hydrogen-bond donors (Lipinski definition) is 1. The lowest BCUT2D eigenvalue weighted by Gasteiger charge is -2.36. The van der Waals surface area contributed by atoms with Crippen molar-refractivity contribution < 1.29 is 4.74 Å². The monoisotopic (exact) mass is 389 g/mol. The van der Waals surface area contributed by atoms with E-state index in [1.807, 2.05) is 19.1 Å². The van der Waals surface area contributed by atoms with E-state index in [2.05, 4.69) is 15.1 Å². The summed E-state index contributed by atoms with van der Waals surface area (Å²) in [4.78, 5) is 4.62. The number of thiocarbonyl (C=S) groups is 1. The van der Waals surface area contributed by atoms with E-state index in [-0.39, 0.29) is 0 Å². The van der Waals surface area contributed by atoms with E-state index in [1.54, 1.807) is 6.07 Å². The fourth-order valence-corrected chi connectivity index (χ4v) is 3.38. The predicted octanol–water partition coefficient (Wildman–Crippen LogP) is 3.41. The van der Waals surface area contributed by atoms with Crippen LogP contribution < -0.4 is 5.32 Å². The zero-order valence-electron chi connectivity index (χ0n) is 14.1. The van der Waals surface area contributed by atoms with Crippen molar-refractivity contribution in [1.82, 2.24) is 15.1 Å². The SMILES string of the molecule is CCOCCCNC(=S)N1CCN(Cc2ccc(Cl)cc2Cl)CC1. The number of piperazine rings is 1. The van der Waals surface area contributed by atoms with Crippen LogP contribution in [0.1, 0.15) is 18.9 Å². The van der Waals surface area contributed by atoms with E-state index in [9.17, 15) is 0 Å². The van der Waals surface area contributed by atoms with Gasteiger partial charge in [-0.1, -0.05) is 29.3 Å². The van der Waals surface area contributed by atoms with Gasteiger partial charge in [0.1, 0.15) is 0 Å². The summed E-state index contributed by atoms with van der Waals surface area (Å²) in [5, 5.41) is 5.57. The number of hydrogen-bond acceptors (Lipinski definition) is 3. The number of benzene rings is 1. The van der Waals surface area contributed by atoms with Crippen LogP contribution in [0.15, 0.2) is 18.2 Å². The molecular weight excluding hydrogens is 365 g/mol. The molecule has 0 bridgehead atoms. The van der Waals surface area contributed by atoms with E-state index in [0.29, 0.717) is 5.02 Å². The van der Waals surface area contributed by atoms with Crippen LogP contribution in [0.2, 0.25) is 10.0 Å². The summed E-state index contributed by atoms with van der Waals surface area (Å²) < 4.78 is 5.33. The second-order valence-electron chi connectivity index (χ2n) is 5.78. The van der Waals surface area contributed by atoms with Crippen LogP contribution in [-0.4, -0.2) is 60.8 Å². The van der Waals surface area contributed by atoms with E-state index >= 15 is 0 Å². The number of halogens is 2. The lowest BCUT2D eigenvalue weighted by molar-refractivity contribution is 0.145. The summed E-state index contributed by atoms with van der Waals surface area (Å²) in [6.07, 6.45) is 0.975. The summed E-state index contributed by atoms with van der Waals surface area (Å²) >= 11 is 17.7. The molecular formula is C17H25Cl2N3OS. The molecule has 1 fully saturated rings. The molecule has 1 aliphatic heterocycles. The highest BCUT2D eigenvalue weighted by Crippen LogP contribution is 2.22. The molecule has 1 aromatic carbocycles. The third kappa shape index (κ3) is 6.37. The molecule has 0 radical (unpaired) electrons. The van der Waals surface area contributed by atoms with E-state index < -0.39 is 0 Å². The summed E-state index contributed by atoms with van der Waals surface area (Å²) in [6, 6.07) is 5.69. The topological polar surface area (TPSA) is 27.7 Å². The van der Waals surface area contributed by atoms with Crippen molar-refractivity contribution in [1.29, 1.82) is 0 Å². The van der Waals surface area contributed by atoms with E-state index in [1.165, 1.54) is 0 Å². The van der Waals surface area contributed by atoms with Crippen molar-refractivity contribution in [3.05, 3.63) is 33.8 Å². The smallest absolute Gasteiger partial charge is 0.169 e. The second-order valence-corrected chi connectivity index (χ2v) is 7.01. The van der Waals surface area contributed by atoms with Gasteiger partial charge >= 0.3 is 0 Å². The Hall–Kier alpha value is -0.590. The molecule has 1 N–H and O–H groups in total. The first-order chi connectivity index (χ1) is 11.6. The number of nitrogens with zero attached hydrogens (tertiary/aromatic N) is 2. The first-order valence-electron chi connectivity index (χ1n) is 8.37. The Morgan fingerprint density at radius 1 is 1.25 bits per heavy atom. The van der Waals surface area contributed by atoms with Crippen molar-refractivity contribution in [2.24, 2.45) is 0 Å². The molecule has 0 unspecified atom stereocenters. The van der Waals surface area contributed by atoms with Crippen molar-refractivity contribution in [2.45, 2.75) is 19.9 Å². The minimum atomic E-state index is 0.675. The Kier molecular flexibility index (Phi) is 8.56. The Morgan fingerprint density at radius 2 is 2.00 bits per heavy atom. The predicted molar refractivity (Wildman–Crippen MR) is 105 cm³/mol. The van der Waals surface area contributed by atoms with Gasteiger partial charge in [-0.25, -0.2) is 0 Å². The first kappa shape index (κ1) is 19.7. The molecule has 1 aliphatic rings. The first-order valence-corrected chi connectivity index (χ1v) is 9.53. The Balaban J connectivity index is 1.70. The maximum atomic E-state index is 6.26. The minimum Gasteiger partial charge on any atom is -0.382 e. The average molecular weight is 390 g/mol. The van der Waals surface area contributed by atoms with E-state index in [0.717, 1.165) is 74.6 Å². The van der Waals surface area contributed by atoms with Crippen LogP contribution in [0, 0.1) is 0 Å². The quantitative estimate of drug-likeness (QED) is 0.569. The van der Waals surface area contributed by atoms with Crippen LogP contribution in [0.25, 0.3) is 0 Å². The molecule has 0 spiro atoms. The maximum Gasteiger partial charge on any atom is 0.169 e. The minimum absolute atomic E-state index is 0.675. The summed E-state index contributed by atoms with van der Waals surface area (Å²) in [5.74, 6) is 0. The molecule has 0 atom stereocenters. The molecule has 0 aromatic heterocycles. The van der Waals surface area contributed by atoms with Crippen LogP contribution in [0.3, 0.4) is 0 Å². The van der Waals surface area contributed by atoms with Gasteiger partial charge in [0.2, 0.25) is 0 Å². The normalized spacial score (nSPS) is 15.5. The largest absolute Gasteiger partial charge is 0.382 e. The number of nitrogens with one attached hydrogen (secondary N) is 1. The van der Waals surface area contributed by atoms with Crippen molar-refractivity contribution in [3.63, 3.8) is 0 Å². The van der Waals surface area contributed by atoms with E-state index in [4.69, 9.17) is 40.2 Å². The van der Waals surface area contributed by atoms with Crippen LogP contribution >= 0.6 is 35.4 Å². The van der Waals surface area contributed by atoms with Crippen LogP contribution in [0.5, 0.6) is 0 Å². The van der Waals surface area contributed by atoms with Gasteiger partial charge in [-0.3, -0.25) is 4.90 Å². The van der Waals surface area contributed by atoms with Gasteiger partial charge in [0.25, 0.3) is 0 Å². The Morgan fingerprint density at radius 3 is 2.67 bits per heavy atom. The van der Waals surface area contributed by atoms with Gasteiger partial charge in [-0.15, -0.1) is 0 Å². The van der Waals surface area contributed by atoms with Crippen molar-refractivity contribution in [3.8, 4) is 0 Å². The van der Waals surface area contributed by atoms with Crippen LogP contribution in [-0.2, 0) is 11.3 Å². The standard InChI is InChI=1S/C17H25Cl2N3OS/c1-2-23-11-3-6-20-17(24)22-9-7-21(8-10-22)13-14-4-5-15(18)12-16(14)19/h4-5,12H,2-3,6-11,13H2,1H3,(H,20,24). The molecule has 24 heavy (non-hydrogen) atoms. The molecule has 2 rings (SSSR count). The highest BCUT2D eigenvalue weighted by atomic mass is 35.5. The zero-order chi connectivity index (χ0) is 17.4. The molecule has 1 aromatic rings. The molecule has 7 heteroatoms. The summed E-state index contributed by atoms with van der Waals surface area (Å²) in [5.41, 5.74) is 1.12. The zero-order valence-corrected chi connectivity index (χ0v) is 16.4. The third-order valence-electron chi connectivity index (χ3n) is 4.01. The molecule has 0 saturated carbocycles. The van der Waals surface area contributed by atoms with Gasteiger partial charge in [-0.05, 0) is 43.3 Å². The van der Waals surface area contributed by atoms with Gasteiger partial charge in [0, 0.05) is 62.5 Å². The summed E-state index contributed by atoms with van der Waals surface area (Å²) in [7, 11) is 0. The molecule has 0 aliphatic carbocycles. The van der Waals surface area contributed by atoms with Crippen LogP contribution in [0.4, 0.5) is 0 Å². The van der Waals surface area contributed by atoms with Crippen molar-refractivity contribution in [2.75, 3.05) is 45.9 Å². The summed E-state index contributed by atoms with van der Waals surface area (Å²) in [6.45, 7) is 9.07. The lowest BCUT2D eigenvalue weighted by Crippen LogP contribution is -2.51. The molecule has 134 valence electrons. The van der Waals surface area contributed by atoms with Crippen molar-refractivity contribution >= 4 is 40.5 Å². The van der Waals surface area contributed by atoms with Gasteiger partial charge in [0.05, 0.1) is 0 Å². The molecule has 1 heterocycles. The number of rotatable bonds is 7. The lowest BCUT2D eigenvalue weighted by atomic mass is 10.2. The fraction of sp³-hybridized carbons (Fsp3) is 0.588. The Labute approximate surface area is 160 Å².